The van der Waals surface area contributed by atoms with Crippen LogP contribution in [0, 0.1) is 0 Å². The summed E-state index contributed by atoms with van der Waals surface area (Å²) in [4.78, 5) is 38.4. The normalized spacial score (nSPS) is 12.6. The monoisotopic (exact) mass is 1060 g/mol. The molecule has 0 amide bonds. The Balaban J connectivity index is 4.39. The van der Waals surface area contributed by atoms with Crippen molar-refractivity contribution in [3.8, 4) is 0 Å². The van der Waals surface area contributed by atoms with Gasteiger partial charge in [0.05, 0.1) is 0 Å². The van der Waals surface area contributed by atoms with Gasteiger partial charge in [0.25, 0.3) is 0 Å². The lowest BCUT2D eigenvalue weighted by Gasteiger charge is -2.18. The van der Waals surface area contributed by atoms with Gasteiger partial charge in [-0.2, -0.15) is 0 Å². The number of hydrogen-bond acceptors (Lipinski definition) is 6. The first kappa shape index (κ1) is 72.6. The molecule has 6 heteroatoms. The van der Waals surface area contributed by atoms with Gasteiger partial charge in [-0.25, -0.2) is 0 Å². The lowest BCUT2D eigenvalue weighted by atomic mass is 10.0. The van der Waals surface area contributed by atoms with Gasteiger partial charge >= 0.3 is 17.9 Å². The Bertz CT molecular complexity index is 1450. The molecule has 0 radical (unpaired) electrons. The van der Waals surface area contributed by atoms with E-state index in [2.05, 4.69) is 106 Å². The summed E-state index contributed by atoms with van der Waals surface area (Å²) in [5.74, 6) is -0.892. The van der Waals surface area contributed by atoms with Gasteiger partial charge in [-0.15, -0.1) is 0 Å². The van der Waals surface area contributed by atoms with E-state index in [-0.39, 0.29) is 31.1 Å². The minimum Gasteiger partial charge on any atom is -0.462 e. The van der Waals surface area contributed by atoms with Crippen LogP contribution >= 0.6 is 0 Å². The fourth-order valence-electron chi connectivity index (χ4n) is 9.27. The first-order chi connectivity index (χ1) is 37.5. The summed E-state index contributed by atoms with van der Waals surface area (Å²) in [6.07, 6.45) is 84.4. The average Bonchev–Trinajstić information content (AvgIpc) is 3.42. The molecule has 0 bridgehead atoms. The third-order valence-corrected chi connectivity index (χ3v) is 14.1. The highest BCUT2D eigenvalue weighted by molar-refractivity contribution is 5.71. The van der Waals surface area contributed by atoms with Crippen LogP contribution in [0.15, 0.2) is 85.1 Å². The summed E-state index contributed by atoms with van der Waals surface area (Å²) >= 11 is 0. The zero-order valence-electron chi connectivity index (χ0n) is 50.3. The molecule has 0 aromatic carbocycles. The second kappa shape index (κ2) is 64.1. The predicted octanol–water partition coefficient (Wildman–Crippen LogP) is 22.3. The molecule has 0 spiro atoms. The Morgan fingerprint density at radius 3 is 0.816 bits per heavy atom. The molecule has 0 N–H and O–H groups in total. The molecular formula is C70H122O6. The maximum atomic E-state index is 12.9. The minimum atomic E-state index is -0.787. The zero-order valence-corrected chi connectivity index (χ0v) is 50.3. The molecule has 0 aliphatic rings. The molecule has 0 saturated carbocycles. The van der Waals surface area contributed by atoms with Crippen molar-refractivity contribution in [3.05, 3.63) is 85.1 Å². The van der Waals surface area contributed by atoms with Crippen LogP contribution in [-0.4, -0.2) is 37.2 Å². The highest BCUT2D eigenvalue weighted by Gasteiger charge is 2.19. The standard InChI is InChI=1S/C70H122O6/c1-4-7-10-13-16-19-22-25-28-31-33-34-35-36-38-39-42-45-48-51-54-57-60-63-69(72)75-66-67(65-74-68(71)62-59-56-53-50-47-44-41-30-27-24-21-18-15-12-9-6-3)76-70(73)64-61-58-55-52-49-46-43-40-37-32-29-26-23-20-17-14-11-8-5-2/h7,10,16,19,21,24-25,28,30,33-34,36,38,41,67H,4-6,8-9,11-15,17-18,20,22-23,26-27,29,31-32,35,37,39-40,42-66H2,1-3H3/b10-7-,19-16-,24-21-,28-25-,34-33-,38-36-,41-30-. The summed E-state index contributed by atoms with van der Waals surface area (Å²) in [6, 6.07) is 0. The molecule has 0 aromatic heterocycles. The number of ether oxygens (including phenoxy) is 3. The van der Waals surface area contributed by atoms with E-state index in [0.717, 1.165) is 116 Å². The lowest BCUT2D eigenvalue weighted by molar-refractivity contribution is -0.167. The van der Waals surface area contributed by atoms with Gasteiger partial charge in [0, 0.05) is 19.3 Å². The van der Waals surface area contributed by atoms with Crippen molar-refractivity contribution in [1.29, 1.82) is 0 Å². The Labute approximate surface area is 471 Å². The minimum absolute atomic E-state index is 0.0846. The second-order valence-corrected chi connectivity index (χ2v) is 21.6. The van der Waals surface area contributed by atoms with Crippen molar-refractivity contribution < 1.29 is 28.6 Å². The first-order valence-corrected chi connectivity index (χ1v) is 32.6. The van der Waals surface area contributed by atoms with Crippen LogP contribution in [0.2, 0.25) is 0 Å². The molecule has 0 aliphatic carbocycles. The van der Waals surface area contributed by atoms with E-state index >= 15 is 0 Å². The van der Waals surface area contributed by atoms with Gasteiger partial charge in [-0.3, -0.25) is 14.4 Å². The van der Waals surface area contributed by atoms with E-state index < -0.39 is 6.10 Å². The summed E-state index contributed by atoms with van der Waals surface area (Å²) in [5, 5.41) is 0. The number of allylic oxidation sites excluding steroid dienone is 14. The summed E-state index contributed by atoms with van der Waals surface area (Å²) in [5.41, 5.74) is 0. The third-order valence-electron chi connectivity index (χ3n) is 14.1. The van der Waals surface area contributed by atoms with Crippen LogP contribution in [-0.2, 0) is 28.6 Å². The molecule has 438 valence electrons. The second-order valence-electron chi connectivity index (χ2n) is 21.6. The van der Waals surface area contributed by atoms with Gasteiger partial charge < -0.3 is 14.2 Å². The Kier molecular flexibility index (Phi) is 61.2. The maximum Gasteiger partial charge on any atom is 0.306 e. The SMILES string of the molecule is CC/C=C\C/C=C\C/C=C\C/C=C\C/C=C\CCCCCCCCCC(=O)OCC(COC(=O)CCCCCCC/C=C\C/C=C\CCCCCC)OC(=O)CCCCCCCCCCCCCCCCCCCCC. The molecule has 0 fully saturated rings. The summed E-state index contributed by atoms with van der Waals surface area (Å²) < 4.78 is 16.9. The van der Waals surface area contributed by atoms with Crippen LogP contribution in [0.5, 0.6) is 0 Å². The van der Waals surface area contributed by atoms with Gasteiger partial charge in [0.2, 0.25) is 0 Å². The van der Waals surface area contributed by atoms with Gasteiger partial charge in [-0.05, 0) is 96.3 Å². The Hall–Kier alpha value is -3.41. The fourth-order valence-corrected chi connectivity index (χ4v) is 9.27. The van der Waals surface area contributed by atoms with Crippen LogP contribution < -0.4 is 0 Å². The average molecular weight is 1060 g/mol. The van der Waals surface area contributed by atoms with Crippen LogP contribution in [0.1, 0.15) is 323 Å². The smallest absolute Gasteiger partial charge is 0.306 e. The number of hydrogen-bond donors (Lipinski definition) is 0. The van der Waals surface area contributed by atoms with Crippen LogP contribution in [0.25, 0.3) is 0 Å². The highest BCUT2D eigenvalue weighted by atomic mass is 16.6. The summed E-state index contributed by atoms with van der Waals surface area (Å²) in [7, 11) is 0. The van der Waals surface area contributed by atoms with Gasteiger partial charge in [0.15, 0.2) is 6.10 Å². The zero-order chi connectivity index (χ0) is 55.0. The molecule has 76 heavy (non-hydrogen) atoms. The molecule has 0 heterocycles. The van der Waals surface area contributed by atoms with Gasteiger partial charge in [0.1, 0.15) is 13.2 Å². The molecular weight excluding hydrogens is 937 g/mol. The fraction of sp³-hybridized carbons (Fsp3) is 0.757. The van der Waals surface area contributed by atoms with E-state index in [4.69, 9.17) is 14.2 Å². The molecule has 0 saturated heterocycles. The van der Waals surface area contributed by atoms with Crippen molar-refractivity contribution >= 4 is 17.9 Å². The van der Waals surface area contributed by atoms with Crippen molar-refractivity contribution in [2.75, 3.05) is 13.2 Å². The predicted molar refractivity (Wildman–Crippen MR) is 330 cm³/mol. The van der Waals surface area contributed by atoms with E-state index in [1.807, 2.05) is 0 Å². The van der Waals surface area contributed by atoms with Crippen molar-refractivity contribution in [3.63, 3.8) is 0 Å². The highest BCUT2D eigenvalue weighted by Crippen LogP contribution is 2.17. The summed E-state index contributed by atoms with van der Waals surface area (Å²) in [6.45, 7) is 6.53. The molecule has 1 atom stereocenters. The van der Waals surface area contributed by atoms with E-state index in [1.54, 1.807) is 0 Å². The molecule has 6 nitrogen and oxygen atoms in total. The number of carbonyl (C=O) groups excluding carboxylic acids is 3. The number of rotatable bonds is 59. The van der Waals surface area contributed by atoms with Crippen molar-refractivity contribution in [1.82, 2.24) is 0 Å². The first-order valence-electron chi connectivity index (χ1n) is 32.6. The van der Waals surface area contributed by atoms with Gasteiger partial charge in [-0.1, -0.05) is 292 Å². The van der Waals surface area contributed by atoms with Crippen molar-refractivity contribution in [2.45, 2.75) is 329 Å². The van der Waals surface area contributed by atoms with E-state index in [1.165, 1.54) is 167 Å². The van der Waals surface area contributed by atoms with E-state index in [9.17, 15) is 14.4 Å². The van der Waals surface area contributed by atoms with E-state index in [0.29, 0.717) is 19.3 Å². The topological polar surface area (TPSA) is 78.9 Å². The van der Waals surface area contributed by atoms with Crippen molar-refractivity contribution in [2.24, 2.45) is 0 Å². The Morgan fingerprint density at radius 1 is 0.276 bits per heavy atom. The van der Waals surface area contributed by atoms with Crippen LogP contribution in [0.3, 0.4) is 0 Å². The maximum absolute atomic E-state index is 12.9. The largest absolute Gasteiger partial charge is 0.462 e. The van der Waals surface area contributed by atoms with Crippen LogP contribution in [0.4, 0.5) is 0 Å². The Morgan fingerprint density at radius 2 is 0.513 bits per heavy atom. The number of carbonyl (C=O) groups is 3. The molecule has 1 unspecified atom stereocenters. The number of esters is 3. The molecule has 0 aromatic rings. The molecule has 0 rings (SSSR count). The number of unbranched alkanes of at least 4 members (excludes halogenated alkanes) is 34. The lowest BCUT2D eigenvalue weighted by Crippen LogP contribution is -2.30. The quantitative estimate of drug-likeness (QED) is 0.0261. The third kappa shape index (κ3) is 61.4. The molecule has 0 aliphatic heterocycles.